The van der Waals surface area contributed by atoms with Crippen molar-refractivity contribution in [2.75, 3.05) is 7.11 Å². The molecule has 2 aromatic rings. The summed E-state index contributed by atoms with van der Waals surface area (Å²) in [6, 6.07) is 9.88. The molecule has 0 saturated carbocycles. The summed E-state index contributed by atoms with van der Waals surface area (Å²) in [7, 11) is 1.32. The lowest BCUT2D eigenvalue weighted by molar-refractivity contribution is 0.0600. The number of carbonyl (C=O) groups excluding carboxylic acids is 2. The summed E-state index contributed by atoms with van der Waals surface area (Å²) in [5.41, 5.74) is 1.44. The van der Waals surface area contributed by atoms with Crippen molar-refractivity contribution in [1.29, 1.82) is 0 Å². The summed E-state index contributed by atoms with van der Waals surface area (Å²) < 4.78 is 4.64. The molecule has 0 aliphatic heterocycles. The topological polar surface area (TPSA) is 56.3 Å². The summed E-state index contributed by atoms with van der Waals surface area (Å²) >= 11 is 5.82. The zero-order chi connectivity index (χ0) is 14.5. The Bertz CT molecular complexity index is 655. The van der Waals surface area contributed by atoms with Crippen molar-refractivity contribution >= 4 is 23.4 Å². The van der Waals surface area contributed by atoms with Gasteiger partial charge in [0.05, 0.1) is 12.7 Å². The molecule has 1 aromatic heterocycles. The van der Waals surface area contributed by atoms with Crippen LogP contribution in [0, 0.1) is 0 Å². The van der Waals surface area contributed by atoms with Gasteiger partial charge in [-0.3, -0.25) is 9.78 Å². The predicted octanol–water partition coefficient (Wildman–Crippen LogP) is 2.95. The fourth-order valence-electron chi connectivity index (χ4n) is 1.76. The molecular weight excluding hydrogens is 278 g/mol. The zero-order valence-electron chi connectivity index (χ0n) is 10.8. The van der Waals surface area contributed by atoms with Crippen LogP contribution >= 0.6 is 11.6 Å². The first-order chi connectivity index (χ1) is 9.60. The number of nitrogens with zero attached hydrogens (tertiary/aromatic N) is 1. The zero-order valence-corrected chi connectivity index (χ0v) is 11.6. The summed E-state index contributed by atoms with van der Waals surface area (Å²) in [4.78, 5) is 27.5. The van der Waals surface area contributed by atoms with Gasteiger partial charge in [0.2, 0.25) is 0 Å². The highest BCUT2D eigenvalue weighted by atomic mass is 35.5. The first-order valence-corrected chi connectivity index (χ1v) is 6.30. The Labute approximate surface area is 121 Å². The van der Waals surface area contributed by atoms with Crippen molar-refractivity contribution in [1.82, 2.24) is 4.98 Å². The number of hydrogen-bond acceptors (Lipinski definition) is 4. The largest absolute Gasteiger partial charge is 0.465 e. The van der Waals surface area contributed by atoms with E-state index in [2.05, 4.69) is 9.72 Å². The third-order valence-electron chi connectivity index (χ3n) is 2.72. The number of hydrogen-bond donors (Lipinski definition) is 0. The lowest BCUT2D eigenvalue weighted by atomic mass is 10.0. The number of ether oxygens (including phenoxy) is 1. The van der Waals surface area contributed by atoms with E-state index in [0.29, 0.717) is 16.3 Å². The number of Topliss-reactive ketones (excluding diaryl/α,β-unsaturated/α-hetero) is 1. The SMILES string of the molecule is COC(=O)c1cccc(CC(=O)c2cc(Cl)ccn2)c1. The fraction of sp³-hybridized carbons (Fsp3) is 0.133. The number of pyridine rings is 1. The van der Waals surface area contributed by atoms with Gasteiger partial charge < -0.3 is 4.74 Å². The Hall–Kier alpha value is -2.20. The minimum absolute atomic E-state index is 0.151. The number of carbonyl (C=O) groups is 2. The van der Waals surface area contributed by atoms with Crippen molar-refractivity contribution in [2.24, 2.45) is 0 Å². The van der Waals surface area contributed by atoms with E-state index in [1.54, 1.807) is 30.3 Å². The predicted molar refractivity (Wildman–Crippen MR) is 75.1 cm³/mol. The molecule has 0 spiro atoms. The van der Waals surface area contributed by atoms with Crippen LogP contribution < -0.4 is 0 Å². The first-order valence-electron chi connectivity index (χ1n) is 5.92. The Morgan fingerprint density at radius 3 is 2.75 bits per heavy atom. The number of methoxy groups -OCH3 is 1. The Morgan fingerprint density at radius 1 is 1.25 bits per heavy atom. The molecule has 0 fully saturated rings. The second-order valence-electron chi connectivity index (χ2n) is 4.15. The third-order valence-corrected chi connectivity index (χ3v) is 2.96. The smallest absolute Gasteiger partial charge is 0.337 e. The average molecular weight is 290 g/mol. The third kappa shape index (κ3) is 3.42. The normalized spacial score (nSPS) is 10.1. The van der Waals surface area contributed by atoms with Crippen molar-refractivity contribution in [3.8, 4) is 0 Å². The van der Waals surface area contributed by atoms with Gasteiger partial charge in [-0.25, -0.2) is 4.79 Å². The van der Waals surface area contributed by atoms with Gasteiger partial charge in [0.15, 0.2) is 5.78 Å². The molecule has 0 radical (unpaired) electrons. The molecular formula is C15H12ClNO3. The van der Waals surface area contributed by atoms with Crippen LogP contribution in [0.3, 0.4) is 0 Å². The molecule has 20 heavy (non-hydrogen) atoms. The van der Waals surface area contributed by atoms with Gasteiger partial charge in [0.1, 0.15) is 5.69 Å². The number of esters is 1. The van der Waals surface area contributed by atoms with Crippen LogP contribution in [0.2, 0.25) is 5.02 Å². The number of aromatic nitrogens is 1. The van der Waals surface area contributed by atoms with Gasteiger partial charge in [-0.15, -0.1) is 0 Å². The Kier molecular flexibility index (Phi) is 4.48. The lowest BCUT2D eigenvalue weighted by Gasteiger charge is -2.04. The van der Waals surface area contributed by atoms with E-state index in [0.717, 1.165) is 5.56 Å². The number of benzene rings is 1. The van der Waals surface area contributed by atoms with Gasteiger partial charge >= 0.3 is 5.97 Å². The van der Waals surface area contributed by atoms with E-state index in [-0.39, 0.29) is 12.2 Å². The van der Waals surface area contributed by atoms with Crippen LogP contribution in [0.15, 0.2) is 42.6 Å². The molecule has 0 unspecified atom stereocenters. The van der Waals surface area contributed by atoms with E-state index in [1.165, 1.54) is 19.4 Å². The second kappa shape index (κ2) is 6.30. The highest BCUT2D eigenvalue weighted by molar-refractivity contribution is 6.30. The minimum Gasteiger partial charge on any atom is -0.465 e. The van der Waals surface area contributed by atoms with E-state index < -0.39 is 5.97 Å². The number of ketones is 1. The minimum atomic E-state index is -0.430. The second-order valence-corrected chi connectivity index (χ2v) is 4.59. The molecule has 5 heteroatoms. The van der Waals surface area contributed by atoms with Crippen LogP contribution in [-0.2, 0) is 11.2 Å². The standard InChI is InChI=1S/C15H12ClNO3/c1-20-15(19)11-4-2-3-10(7-11)8-14(18)13-9-12(16)5-6-17-13/h2-7,9H,8H2,1H3. The number of halogens is 1. The highest BCUT2D eigenvalue weighted by Crippen LogP contribution is 2.12. The molecule has 0 amide bonds. The van der Waals surface area contributed by atoms with Gasteiger partial charge in [-0.05, 0) is 29.8 Å². The lowest BCUT2D eigenvalue weighted by Crippen LogP contribution is -2.07. The molecule has 2 rings (SSSR count). The van der Waals surface area contributed by atoms with Gasteiger partial charge in [-0.2, -0.15) is 0 Å². The summed E-state index contributed by atoms with van der Waals surface area (Å²) in [5.74, 6) is -0.588. The van der Waals surface area contributed by atoms with Crippen molar-refractivity contribution in [3.05, 3.63) is 64.4 Å². The average Bonchev–Trinajstić information content (AvgIpc) is 2.46. The fourth-order valence-corrected chi connectivity index (χ4v) is 1.92. The quantitative estimate of drug-likeness (QED) is 0.641. The van der Waals surface area contributed by atoms with Crippen LogP contribution in [0.25, 0.3) is 0 Å². The molecule has 0 saturated heterocycles. The van der Waals surface area contributed by atoms with E-state index >= 15 is 0 Å². The van der Waals surface area contributed by atoms with Crippen molar-refractivity contribution in [2.45, 2.75) is 6.42 Å². The van der Waals surface area contributed by atoms with Crippen molar-refractivity contribution < 1.29 is 14.3 Å². The maximum absolute atomic E-state index is 12.1. The molecule has 0 atom stereocenters. The monoisotopic (exact) mass is 289 g/mol. The summed E-state index contributed by atoms with van der Waals surface area (Å²) in [5, 5.41) is 0.465. The van der Waals surface area contributed by atoms with Gasteiger partial charge in [-0.1, -0.05) is 23.7 Å². The molecule has 0 aliphatic carbocycles. The highest BCUT2D eigenvalue weighted by Gasteiger charge is 2.11. The maximum Gasteiger partial charge on any atom is 0.337 e. The Morgan fingerprint density at radius 2 is 2.05 bits per heavy atom. The van der Waals surface area contributed by atoms with Gasteiger partial charge in [0, 0.05) is 17.6 Å². The van der Waals surface area contributed by atoms with Crippen LogP contribution in [-0.4, -0.2) is 23.8 Å². The summed E-state index contributed by atoms with van der Waals surface area (Å²) in [6.07, 6.45) is 1.64. The molecule has 0 N–H and O–H groups in total. The van der Waals surface area contributed by atoms with Crippen molar-refractivity contribution in [3.63, 3.8) is 0 Å². The number of rotatable bonds is 4. The summed E-state index contributed by atoms with van der Waals surface area (Å²) in [6.45, 7) is 0. The van der Waals surface area contributed by atoms with Crippen LogP contribution in [0.4, 0.5) is 0 Å². The van der Waals surface area contributed by atoms with E-state index in [9.17, 15) is 9.59 Å². The van der Waals surface area contributed by atoms with Crippen LogP contribution in [0.5, 0.6) is 0 Å². The Balaban J connectivity index is 2.18. The molecule has 1 heterocycles. The maximum atomic E-state index is 12.1. The molecule has 0 aliphatic rings. The van der Waals surface area contributed by atoms with E-state index in [1.807, 2.05) is 0 Å². The van der Waals surface area contributed by atoms with Gasteiger partial charge in [0.25, 0.3) is 0 Å². The van der Waals surface area contributed by atoms with Crippen LogP contribution in [0.1, 0.15) is 26.4 Å². The molecule has 0 bridgehead atoms. The molecule has 4 nitrogen and oxygen atoms in total. The van der Waals surface area contributed by atoms with E-state index in [4.69, 9.17) is 11.6 Å². The molecule has 102 valence electrons. The first kappa shape index (κ1) is 14.2. The molecule has 1 aromatic carbocycles.